The predicted octanol–water partition coefficient (Wildman–Crippen LogP) is 3.59. The van der Waals surface area contributed by atoms with Crippen molar-refractivity contribution in [2.24, 2.45) is 5.92 Å². The third kappa shape index (κ3) is 5.21. The standard InChI is InChI=1S/C21H24F3N7O/c1-13(2)17(12-26-18-8-6-15(11-25-18)21(22,23)24)30(4)20(32)19-16(7-5-14(3)29-19)31-27-9-10-28-31/h5-11,13,17H,12H2,1-4H3,(H,25,26)/t17-/m1/s1. The first kappa shape index (κ1) is 23.2. The number of carbonyl (C=O) groups is 1. The van der Waals surface area contributed by atoms with Gasteiger partial charge in [0, 0.05) is 25.5 Å². The van der Waals surface area contributed by atoms with E-state index in [1.54, 1.807) is 31.0 Å². The molecule has 8 nitrogen and oxygen atoms in total. The number of amides is 1. The van der Waals surface area contributed by atoms with E-state index in [1.807, 2.05) is 13.8 Å². The number of rotatable bonds is 7. The van der Waals surface area contributed by atoms with E-state index >= 15 is 0 Å². The van der Waals surface area contributed by atoms with Crippen LogP contribution in [0.5, 0.6) is 0 Å². The zero-order valence-corrected chi connectivity index (χ0v) is 18.1. The van der Waals surface area contributed by atoms with Crippen molar-refractivity contribution in [3.8, 4) is 5.69 Å². The van der Waals surface area contributed by atoms with Crippen molar-refractivity contribution in [3.05, 3.63) is 59.8 Å². The summed E-state index contributed by atoms with van der Waals surface area (Å²) in [6.45, 7) is 5.99. The molecule has 0 aromatic carbocycles. The maximum absolute atomic E-state index is 13.4. The first-order valence-corrected chi connectivity index (χ1v) is 9.96. The van der Waals surface area contributed by atoms with Gasteiger partial charge in [0.05, 0.1) is 24.0 Å². The van der Waals surface area contributed by atoms with Gasteiger partial charge in [0.25, 0.3) is 5.91 Å². The molecule has 0 saturated carbocycles. The van der Waals surface area contributed by atoms with Crippen LogP contribution in [0.3, 0.4) is 0 Å². The first-order chi connectivity index (χ1) is 15.1. The molecule has 3 heterocycles. The molecule has 3 aromatic rings. The van der Waals surface area contributed by atoms with Gasteiger partial charge < -0.3 is 10.2 Å². The number of likely N-dealkylation sites (N-methyl/N-ethyl adjacent to an activating group) is 1. The van der Waals surface area contributed by atoms with Crippen LogP contribution in [-0.2, 0) is 6.18 Å². The van der Waals surface area contributed by atoms with Crippen molar-refractivity contribution in [1.82, 2.24) is 29.9 Å². The van der Waals surface area contributed by atoms with Gasteiger partial charge in [-0.2, -0.15) is 23.4 Å². The lowest BCUT2D eigenvalue weighted by Gasteiger charge is -2.32. The fraction of sp³-hybridized carbons (Fsp3) is 0.381. The summed E-state index contributed by atoms with van der Waals surface area (Å²) in [5, 5.41) is 11.2. The molecule has 0 aliphatic heterocycles. The van der Waals surface area contributed by atoms with E-state index in [-0.39, 0.29) is 23.6 Å². The molecule has 0 unspecified atom stereocenters. The number of hydrogen-bond acceptors (Lipinski definition) is 6. The fourth-order valence-corrected chi connectivity index (χ4v) is 3.22. The van der Waals surface area contributed by atoms with E-state index in [2.05, 4.69) is 25.5 Å². The molecular formula is C21H24F3N7O. The Morgan fingerprint density at radius 1 is 1.16 bits per heavy atom. The number of anilines is 1. The third-order valence-corrected chi connectivity index (χ3v) is 5.02. The highest BCUT2D eigenvalue weighted by molar-refractivity contribution is 5.95. The van der Waals surface area contributed by atoms with E-state index in [4.69, 9.17) is 0 Å². The second-order valence-corrected chi connectivity index (χ2v) is 7.68. The number of carbonyl (C=O) groups excluding carboxylic acids is 1. The Kier molecular flexibility index (Phi) is 6.75. The lowest BCUT2D eigenvalue weighted by atomic mass is 10.0. The monoisotopic (exact) mass is 447 g/mol. The maximum Gasteiger partial charge on any atom is 0.417 e. The lowest BCUT2D eigenvalue weighted by molar-refractivity contribution is -0.137. The summed E-state index contributed by atoms with van der Waals surface area (Å²) >= 11 is 0. The van der Waals surface area contributed by atoms with Crippen LogP contribution in [0.1, 0.15) is 35.6 Å². The largest absolute Gasteiger partial charge is 0.417 e. The molecule has 170 valence electrons. The predicted molar refractivity (Wildman–Crippen MR) is 112 cm³/mol. The second-order valence-electron chi connectivity index (χ2n) is 7.68. The Hall–Kier alpha value is -3.50. The highest BCUT2D eigenvalue weighted by Gasteiger charge is 2.31. The molecule has 0 saturated heterocycles. The minimum atomic E-state index is -4.44. The van der Waals surface area contributed by atoms with Crippen LogP contribution in [0.25, 0.3) is 5.69 Å². The van der Waals surface area contributed by atoms with Crippen molar-refractivity contribution in [2.75, 3.05) is 18.9 Å². The van der Waals surface area contributed by atoms with Crippen LogP contribution in [0.15, 0.2) is 42.9 Å². The number of alkyl halides is 3. The van der Waals surface area contributed by atoms with Crippen LogP contribution in [0.2, 0.25) is 0 Å². The SMILES string of the molecule is Cc1ccc(-n2nccn2)c(C(=O)N(C)[C@H](CNc2ccc(C(F)(F)F)cn2)C(C)C)n1. The van der Waals surface area contributed by atoms with Gasteiger partial charge in [0.15, 0.2) is 5.69 Å². The van der Waals surface area contributed by atoms with Crippen LogP contribution in [0, 0.1) is 12.8 Å². The molecule has 0 fully saturated rings. The van der Waals surface area contributed by atoms with Gasteiger partial charge in [-0.3, -0.25) is 4.79 Å². The Labute approximate surface area is 183 Å². The van der Waals surface area contributed by atoms with Gasteiger partial charge in [-0.15, -0.1) is 4.80 Å². The third-order valence-electron chi connectivity index (χ3n) is 5.02. The Morgan fingerprint density at radius 2 is 1.84 bits per heavy atom. The van der Waals surface area contributed by atoms with Gasteiger partial charge in [0.1, 0.15) is 11.5 Å². The molecule has 1 N–H and O–H groups in total. The van der Waals surface area contributed by atoms with Crippen LogP contribution < -0.4 is 5.32 Å². The number of pyridine rings is 2. The Morgan fingerprint density at radius 3 is 2.41 bits per heavy atom. The van der Waals surface area contributed by atoms with Crippen molar-refractivity contribution in [1.29, 1.82) is 0 Å². The minimum Gasteiger partial charge on any atom is -0.368 e. The van der Waals surface area contributed by atoms with E-state index in [0.717, 1.165) is 12.3 Å². The average molecular weight is 447 g/mol. The van der Waals surface area contributed by atoms with Crippen LogP contribution in [-0.4, -0.2) is 55.4 Å². The summed E-state index contributed by atoms with van der Waals surface area (Å²) in [4.78, 5) is 24.5. The van der Waals surface area contributed by atoms with Gasteiger partial charge in [0.2, 0.25) is 0 Å². The van der Waals surface area contributed by atoms with E-state index < -0.39 is 11.7 Å². The molecule has 0 spiro atoms. The molecule has 0 aliphatic carbocycles. The number of aromatic nitrogens is 5. The molecule has 0 radical (unpaired) electrons. The maximum atomic E-state index is 13.4. The van der Waals surface area contributed by atoms with Gasteiger partial charge >= 0.3 is 6.18 Å². The molecule has 3 rings (SSSR count). The summed E-state index contributed by atoms with van der Waals surface area (Å²) in [7, 11) is 1.67. The summed E-state index contributed by atoms with van der Waals surface area (Å²) in [5.74, 6) is 0.0171. The summed E-state index contributed by atoms with van der Waals surface area (Å²) in [6, 6.07) is 5.46. The summed E-state index contributed by atoms with van der Waals surface area (Å²) < 4.78 is 38.2. The number of nitrogens with one attached hydrogen (secondary N) is 1. The zero-order valence-electron chi connectivity index (χ0n) is 18.1. The molecule has 11 heteroatoms. The average Bonchev–Trinajstić information content (AvgIpc) is 3.27. The van der Waals surface area contributed by atoms with Crippen molar-refractivity contribution >= 4 is 11.7 Å². The Balaban J connectivity index is 1.79. The number of halogens is 3. The molecule has 32 heavy (non-hydrogen) atoms. The highest BCUT2D eigenvalue weighted by atomic mass is 19.4. The molecular weight excluding hydrogens is 423 g/mol. The van der Waals surface area contributed by atoms with Crippen LogP contribution in [0.4, 0.5) is 19.0 Å². The number of hydrogen-bond donors (Lipinski definition) is 1. The molecule has 1 atom stereocenters. The van der Waals surface area contributed by atoms with E-state index in [9.17, 15) is 18.0 Å². The molecule has 0 aliphatic rings. The summed E-state index contributed by atoms with van der Waals surface area (Å²) in [6.07, 6.45) is -0.645. The zero-order chi connectivity index (χ0) is 23.5. The quantitative estimate of drug-likeness (QED) is 0.596. The van der Waals surface area contributed by atoms with E-state index in [0.29, 0.717) is 23.7 Å². The molecule has 1 amide bonds. The van der Waals surface area contributed by atoms with Crippen molar-refractivity contribution in [3.63, 3.8) is 0 Å². The topological polar surface area (TPSA) is 88.8 Å². The molecule has 0 bridgehead atoms. The Bertz CT molecular complexity index is 1050. The van der Waals surface area contributed by atoms with Crippen molar-refractivity contribution < 1.29 is 18.0 Å². The van der Waals surface area contributed by atoms with Gasteiger partial charge in [-0.25, -0.2) is 9.97 Å². The van der Waals surface area contributed by atoms with E-state index in [1.165, 1.54) is 23.3 Å². The smallest absolute Gasteiger partial charge is 0.368 e. The number of aryl methyl sites for hydroxylation is 1. The van der Waals surface area contributed by atoms with Crippen LogP contribution >= 0.6 is 0 Å². The minimum absolute atomic E-state index is 0.0435. The normalized spacial score (nSPS) is 12.6. The second kappa shape index (κ2) is 9.33. The molecule has 3 aromatic heterocycles. The van der Waals surface area contributed by atoms with Crippen molar-refractivity contribution in [2.45, 2.75) is 33.0 Å². The first-order valence-electron chi connectivity index (χ1n) is 9.96. The van der Waals surface area contributed by atoms with Gasteiger partial charge in [-0.1, -0.05) is 13.8 Å². The lowest BCUT2D eigenvalue weighted by Crippen LogP contribution is -2.45. The van der Waals surface area contributed by atoms with Gasteiger partial charge in [-0.05, 0) is 37.1 Å². The number of nitrogens with zero attached hydrogens (tertiary/aromatic N) is 6. The summed E-state index contributed by atoms with van der Waals surface area (Å²) in [5.41, 5.74) is 0.520. The highest BCUT2D eigenvalue weighted by Crippen LogP contribution is 2.29. The fourth-order valence-electron chi connectivity index (χ4n) is 3.22.